The van der Waals surface area contributed by atoms with Gasteiger partial charge in [-0.25, -0.2) is 13.6 Å². The van der Waals surface area contributed by atoms with Crippen LogP contribution < -0.4 is 5.14 Å². The Hall–Kier alpha value is -1.08. The summed E-state index contributed by atoms with van der Waals surface area (Å²) in [5.74, 6) is 0. The summed E-state index contributed by atoms with van der Waals surface area (Å²) in [6.45, 7) is 0. The normalized spacial score (nSPS) is 28.5. The SMILES string of the molecule is COC1(Cl)C=CC(C2=CC3(C=C2c2ccc(S(N)(=O)=O)cc2)CC3)=C(Cl)C1Cl. The van der Waals surface area contributed by atoms with Crippen LogP contribution in [-0.2, 0) is 14.8 Å². The van der Waals surface area contributed by atoms with Gasteiger partial charge in [-0.2, -0.15) is 0 Å². The molecule has 1 aromatic carbocycles. The molecule has 0 amide bonds. The monoisotopic (exact) mass is 457 g/mol. The Labute approximate surface area is 179 Å². The standard InChI is InChI=1S/C20H18Cl3NO3S/c1-27-20(23)7-6-14(17(21)18(20)22)16-11-19(8-9-19)10-15(16)12-2-4-13(5-3-12)28(24,25)26/h2-7,10-11,18H,8-9H2,1H3,(H2,24,25,26). The van der Waals surface area contributed by atoms with Crippen LogP contribution in [0.1, 0.15) is 18.4 Å². The topological polar surface area (TPSA) is 69.4 Å². The number of primary sulfonamides is 1. The Balaban J connectivity index is 1.76. The molecule has 0 saturated heterocycles. The molecule has 3 aliphatic carbocycles. The largest absolute Gasteiger partial charge is 0.357 e. The fraction of sp³-hybridized carbons (Fsp3) is 0.300. The molecule has 1 saturated carbocycles. The molecule has 1 spiro atoms. The van der Waals surface area contributed by atoms with E-state index in [4.69, 9.17) is 44.7 Å². The second-order valence-corrected chi connectivity index (χ2v) is 10.3. The van der Waals surface area contributed by atoms with Crippen LogP contribution >= 0.6 is 34.8 Å². The van der Waals surface area contributed by atoms with E-state index in [0.717, 1.165) is 35.1 Å². The number of sulfonamides is 1. The number of halogens is 3. The summed E-state index contributed by atoms with van der Waals surface area (Å²) in [6.07, 6.45) is 10.1. The molecule has 0 radical (unpaired) electrons. The first-order valence-corrected chi connectivity index (χ1v) is 11.4. The lowest BCUT2D eigenvalue weighted by Gasteiger charge is -2.31. The third-order valence-corrected chi connectivity index (χ3v) is 8.00. The van der Waals surface area contributed by atoms with Crippen molar-refractivity contribution in [1.29, 1.82) is 0 Å². The maximum absolute atomic E-state index is 11.5. The molecular formula is C20H18Cl3NO3S. The van der Waals surface area contributed by atoms with Crippen molar-refractivity contribution in [2.75, 3.05) is 7.11 Å². The highest BCUT2D eigenvalue weighted by atomic mass is 35.5. The fourth-order valence-electron chi connectivity index (χ4n) is 3.55. The van der Waals surface area contributed by atoms with E-state index in [1.165, 1.54) is 19.2 Å². The number of alkyl halides is 2. The van der Waals surface area contributed by atoms with E-state index in [0.29, 0.717) is 5.03 Å². The van der Waals surface area contributed by atoms with Gasteiger partial charge >= 0.3 is 0 Å². The van der Waals surface area contributed by atoms with Gasteiger partial charge in [-0.3, -0.25) is 0 Å². The van der Waals surface area contributed by atoms with E-state index in [9.17, 15) is 8.42 Å². The fourth-order valence-corrected chi connectivity index (χ4v) is 4.90. The molecule has 0 heterocycles. The van der Waals surface area contributed by atoms with Crippen molar-refractivity contribution in [1.82, 2.24) is 0 Å². The summed E-state index contributed by atoms with van der Waals surface area (Å²) in [5.41, 5.74) is 3.65. The predicted molar refractivity (Wildman–Crippen MR) is 113 cm³/mol. The molecule has 4 nitrogen and oxygen atoms in total. The average Bonchev–Trinajstić information content (AvgIpc) is 3.31. The molecule has 2 N–H and O–H groups in total. The third-order valence-electron chi connectivity index (χ3n) is 5.38. The summed E-state index contributed by atoms with van der Waals surface area (Å²) < 4.78 is 28.4. The van der Waals surface area contributed by atoms with Crippen molar-refractivity contribution in [3.05, 3.63) is 70.3 Å². The van der Waals surface area contributed by atoms with Gasteiger partial charge in [-0.15, -0.1) is 11.6 Å². The van der Waals surface area contributed by atoms with Crippen LogP contribution in [0.3, 0.4) is 0 Å². The van der Waals surface area contributed by atoms with Gasteiger partial charge in [-0.1, -0.05) is 53.6 Å². The van der Waals surface area contributed by atoms with Crippen LogP contribution in [0.2, 0.25) is 0 Å². The molecule has 0 aromatic heterocycles. The first-order valence-electron chi connectivity index (χ1n) is 8.65. The van der Waals surface area contributed by atoms with E-state index in [2.05, 4.69) is 12.2 Å². The highest BCUT2D eigenvalue weighted by Crippen LogP contribution is 2.58. The van der Waals surface area contributed by atoms with E-state index in [1.54, 1.807) is 18.2 Å². The molecule has 4 rings (SSSR count). The van der Waals surface area contributed by atoms with Gasteiger partial charge in [0.15, 0.2) is 5.06 Å². The quantitative estimate of drug-likeness (QED) is 0.666. The lowest BCUT2D eigenvalue weighted by Crippen LogP contribution is -2.35. The van der Waals surface area contributed by atoms with Gasteiger partial charge in [0, 0.05) is 17.6 Å². The van der Waals surface area contributed by atoms with Crippen LogP contribution in [0.5, 0.6) is 0 Å². The van der Waals surface area contributed by atoms with Crippen LogP contribution in [-0.4, -0.2) is 26.0 Å². The molecule has 2 atom stereocenters. The molecule has 148 valence electrons. The van der Waals surface area contributed by atoms with E-state index in [-0.39, 0.29) is 10.3 Å². The van der Waals surface area contributed by atoms with Crippen molar-refractivity contribution in [3.63, 3.8) is 0 Å². The van der Waals surface area contributed by atoms with Crippen LogP contribution in [0.4, 0.5) is 0 Å². The smallest absolute Gasteiger partial charge is 0.238 e. The Bertz CT molecular complexity index is 1070. The van der Waals surface area contributed by atoms with Gasteiger partial charge in [0.05, 0.1) is 4.90 Å². The minimum absolute atomic E-state index is 0.0276. The van der Waals surface area contributed by atoms with Gasteiger partial charge < -0.3 is 4.74 Å². The third kappa shape index (κ3) is 3.38. The number of hydrogen-bond donors (Lipinski definition) is 1. The molecule has 0 aliphatic heterocycles. The maximum Gasteiger partial charge on any atom is 0.238 e. The van der Waals surface area contributed by atoms with Crippen molar-refractivity contribution in [3.8, 4) is 0 Å². The molecule has 3 aliphatic rings. The summed E-state index contributed by atoms with van der Waals surface area (Å²) in [7, 11) is -2.26. The second-order valence-electron chi connectivity index (χ2n) is 7.28. The van der Waals surface area contributed by atoms with E-state index >= 15 is 0 Å². The number of rotatable bonds is 4. The first-order chi connectivity index (χ1) is 13.1. The zero-order chi connectivity index (χ0) is 20.3. The summed E-state index contributed by atoms with van der Waals surface area (Å²) >= 11 is 19.5. The van der Waals surface area contributed by atoms with Crippen LogP contribution in [0, 0.1) is 5.41 Å². The molecular weight excluding hydrogens is 441 g/mol. The lowest BCUT2D eigenvalue weighted by atomic mass is 9.90. The van der Waals surface area contributed by atoms with Crippen molar-refractivity contribution in [2.45, 2.75) is 28.2 Å². The number of nitrogens with two attached hydrogens (primary N) is 1. The predicted octanol–water partition coefficient (Wildman–Crippen LogP) is 4.69. The molecule has 8 heteroatoms. The zero-order valence-corrected chi connectivity index (χ0v) is 18.0. The van der Waals surface area contributed by atoms with Gasteiger partial charge in [0.2, 0.25) is 10.0 Å². The highest BCUT2D eigenvalue weighted by Gasteiger charge is 2.45. The van der Waals surface area contributed by atoms with Crippen molar-refractivity contribution < 1.29 is 13.2 Å². The molecule has 1 fully saturated rings. The maximum atomic E-state index is 11.5. The number of benzene rings is 1. The number of ether oxygens (including phenoxy) is 1. The van der Waals surface area contributed by atoms with E-state index < -0.39 is 20.5 Å². The summed E-state index contributed by atoms with van der Waals surface area (Å²) in [4.78, 5) is 0.0733. The van der Waals surface area contributed by atoms with Crippen LogP contribution in [0.15, 0.2) is 69.6 Å². The first kappa shape index (κ1) is 20.2. The zero-order valence-electron chi connectivity index (χ0n) is 15.0. The highest BCUT2D eigenvalue weighted by molar-refractivity contribution is 7.89. The minimum Gasteiger partial charge on any atom is -0.357 e. The average molecular weight is 459 g/mol. The second kappa shape index (κ2) is 6.73. The van der Waals surface area contributed by atoms with Crippen molar-refractivity contribution >= 4 is 50.4 Å². The summed E-state index contributed by atoms with van der Waals surface area (Å²) in [5, 5.41) is 3.69. The van der Waals surface area contributed by atoms with Gasteiger partial charge in [0.25, 0.3) is 0 Å². The minimum atomic E-state index is -3.74. The molecule has 0 bridgehead atoms. The Morgan fingerprint density at radius 1 is 1.14 bits per heavy atom. The molecule has 28 heavy (non-hydrogen) atoms. The van der Waals surface area contributed by atoms with Gasteiger partial charge in [0.1, 0.15) is 5.38 Å². The molecule has 2 unspecified atom stereocenters. The number of methoxy groups -OCH3 is 1. The van der Waals surface area contributed by atoms with E-state index in [1.807, 2.05) is 6.08 Å². The summed E-state index contributed by atoms with van der Waals surface area (Å²) in [6, 6.07) is 6.52. The van der Waals surface area contributed by atoms with Crippen LogP contribution in [0.25, 0.3) is 5.57 Å². The van der Waals surface area contributed by atoms with Crippen molar-refractivity contribution in [2.24, 2.45) is 10.6 Å². The lowest BCUT2D eigenvalue weighted by molar-refractivity contribution is 0.108. The number of allylic oxidation sites excluding steroid dienone is 6. The Morgan fingerprint density at radius 3 is 2.29 bits per heavy atom. The number of hydrogen-bond acceptors (Lipinski definition) is 3. The van der Waals surface area contributed by atoms with Gasteiger partial charge in [-0.05, 0) is 53.3 Å². The Kier molecular flexibility index (Phi) is 4.85. The molecule has 1 aromatic rings. The Morgan fingerprint density at radius 2 is 1.75 bits per heavy atom.